The fraction of sp³-hybridized carbons (Fsp3) is 0.500. The minimum Gasteiger partial charge on any atom is -0.508 e. The van der Waals surface area contributed by atoms with Crippen molar-refractivity contribution in [1.29, 1.82) is 0 Å². The molecule has 0 saturated carbocycles. The summed E-state index contributed by atoms with van der Waals surface area (Å²) in [5, 5.41) is 19.9. The average Bonchev–Trinajstić information content (AvgIpc) is 2.57. The van der Waals surface area contributed by atoms with Gasteiger partial charge in [-0.2, -0.15) is 0 Å². The summed E-state index contributed by atoms with van der Waals surface area (Å²) in [6, 6.07) is 3.63. The number of phenols is 1. The number of fused-ring (bicyclic) bond motifs is 2. The van der Waals surface area contributed by atoms with Crippen molar-refractivity contribution < 1.29 is 24.1 Å². The van der Waals surface area contributed by atoms with Crippen LogP contribution >= 0.6 is 0 Å². The van der Waals surface area contributed by atoms with Gasteiger partial charge in [0.1, 0.15) is 11.6 Å². The first kappa shape index (κ1) is 11.0. The summed E-state index contributed by atoms with van der Waals surface area (Å²) in [4.78, 5) is 0. The van der Waals surface area contributed by atoms with Crippen molar-refractivity contribution in [2.75, 3.05) is 6.61 Å². The van der Waals surface area contributed by atoms with Gasteiger partial charge in [0, 0.05) is 18.9 Å². The van der Waals surface area contributed by atoms with Gasteiger partial charge in [0.15, 0.2) is 6.29 Å². The molecule has 1 aromatic carbocycles. The zero-order valence-corrected chi connectivity index (χ0v) is 9.10. The topological polar surface area (TPSA) is 58.9 Å². The largest absolute Gasteiger partial charge is 0.508 e. The van der Waals surface area contributed by atoms with Crippen molar-refractivity contribution in [2.45, 2.75) is 30.8 Å². The molecule has 2 aliphatic heterocycles. The fourth-order valence-corrected chi connectivity index (χ4v) is 2.54. The molecule has 1 aromatic rings. The molecule has 0 amide bonds. The predicted molar refractivity (Wildman–Crippen MR) is 55.8 cm³/mol. The van der Waals surface area contributed by atoms with E-state index >= 15 is 0 Å². The second-order valence-corrected chi connectivity index (χ2v) is 4.66. The molecule has 3 unspecified atom stereocenters. The highest BCUT2D eigenvalue weighted by Crippen LogP contribution is 2.41. The first-order valence-electron chi connectivity index (χ1n) is 5.55. The van der Waals surface area contributed by atoms with Crippen LogP contribution in [0.4, 0.5) is 4.39 Å². The van der Waals surface area contributed by atoms with E-state index in [1.54, 1.807) is 0 Å². The van der Waals surface area contributed by atoms with Gasteiger partial charge in [0.05, 0.1) is 18.3 Å². The Kier molecular flexibility index (Phi) is 2.36. The van der Waals surface area contributed by atoms with E-state index in [2.05, 4.69) is 0 Å². The lowest BCUT2D eigenvalue weighted by atomic mass is 9.84. The predicted octanol–water partition coefficient (Wildman–Crippen LogP) is 1.25. The van der Waals surface area contributed by atoms with E-state index in [4.69, 9.17) is 9.47 Å². The third kappa shape index (κ3) is 1.90. The Bertz CT molecular complexity index is 416. The molecule has 2 N–H and O–H groups in total. The van der Waals surface area contributed by atoms with E-state index in [-0.39, 0.29) is 18.3 Å². The number of ether oxygens (including phenoxy) is 2. The smallest absolute Gasteiger partial charge is 0.161 e. The highest BCUT2D eigenvalue weighted by atomic mass is 19.1. The van der Waals surface area contributed by atoms with Gasteiger partial charge >= 0.3 is 0 Å². The van der Waals surface area contributed by atoms with E-state index in [1.807, 2.05) is 0 Å². The van der Waals surface area contributed by atoms with E-state index in [9.17, 15) is 14.6 Å². The normalized spacial score (nSPS) is 36.1. The zero-order chi connectivity index (χ0) is 12.0. The third-order valence-electron chi connectivity index (χ3n) is 3.30. The summed E-state index contributed by atoms with van der Waals surface area (Å²) in [5.41, 5.74) is -0.817. The molecule has 3 atom stereocenters. The van der Waals surface area contributed by atoms with Crippen LogP contribution in [0.15, 0.2) is 18.2 Å². The highest BCUT2D eigenvalue weighted by Gasteiger charge is 2.45. The lowest BCUT2D eigenvalue weighted by molar-refractivity contribution is -0.159. The second kappa shape index (κ2) is 3.66. The molecular formula is C12H13FO4. The second-order valence-electron chi connectivity index (χ2n) is 4.66. The maximum atomic E-state index is 13.2. The van der Waals surface area contributed by atoms with Crippen molar-refractivity contribution in [2.24, 2.45) is 0 Å². The summed E-state index contributed by atoms with van der Waals surface area (Å²) < 4.78 is 24.0. The Labute approximate surface area is 97.6 Å². The molecule has 0 spiro atoms. The van der Waals surface area contributed by atoms with E-state index in [1.165, 1.54) is 12.1 Å². The molecule has 17 heavy (non-hydrogen) atoms. The van der Waals surface area contributed by atoms with Gasteiger partial charge < -0.3 is 19.7 Å². The molecule has 2 saturated heterocycles. The Morgan fingerprint density at radius 3 is 2.82 bits per heavy atom. The number of halogens is 1. The molecule has 4 nitrogen and oxygen atoms in total. The van der Waals surface area contributed by atoms with Gasteiger partial charge in [-0.3, -0.25) is 0 Å². The molecule has 92 valence electrons. The molecule has 2 fully saturated rings. The molecule has 2 aliphatic rings. The quantitative estimate of drug-likeness (QED) is 0.775. The number of hydrogen-bond acceptors (Lipinski definition) is 4. The van der Waals surface area contributed by atoms with Gasteiger partial charge in [-0.25, -0.2) is 4.39 Å². The highest BCUT2D eigenvalue weighted by molar-refractivity contribution is 5.33. The zero-order valence-electron chi connectivity index (χ0n) is 9.10. The maximum absolute atomic E-state index is 13.2. The number of hydrogen-bond donors (Lipinski definition) is 2. The van der Waals surface area contributed by atoms with E-state index in [0.29, 0.717) is 18.6 Å². The molecular weight excluding hydrogens is 227 g/mol. The Morgan fingerprint density at radius 2 is 2.12 bits per heavy atom. The van der Waals surface area contributed by atoms with Crippen LogP contribution in [0.25, 0.3) is 0 Å². The van der Waals surface area contributed by atoms with Gasteiger partial charge in [-0.1, -0.05) is 0 Å². The van der Waals surface area contributed by atoms with Crippen LogP contribution in [0.5, 0.6) is 5.75 Å². The van der Waals surface area contributed by atoms with Crippen LogP contribution in [0.3, 0.4) is 0 Å². The van der Waals surface area contributed by atoms with Gasteiger partial charge in [0.2, 0.25) is 0 Å². The monoisotopic (exact) mass is 240 g/mol. The number of benzene rings is 1. The van der Waals surface area contributed by atoms with Crippen molar-refractivity contribution in [3.63, 3.8) is 0 Å². The molecule has 2 bridgehead atoms. The summed E-state index contributed by atoms with van der Waals surface area (Å²) in [6.07, 6.45) is 0.00650. The number of aliphatic hydroxyl groups is 1. The van der Waals surface area contributed by atoms with Gasteiger partial charge in [-0.05, 0) is 17.7 Å². The molecule has 0 radical (unpaired) electrons. The van der Waals surface area contributed by atoms with E-state index in [0.717, 1.165) is 6.07 Å². The average molecular weight is 240 g/mol. The minimum absolute atomic E-state index is 0.163. The van der Waals surface area contributed by atoms with Crippen LogP contribution in [-0.2, 0) is 15.1 Å². The van der Waals surface area contributed by atoms with Crippen molar-refractivity contribution in [1.82, 2.24) is 0 Å². The van der Waals surface area contributed by atoms with Crippen LogP contribution in [-0.4, -0.2) is 29.2 Å². The Morgan fingerprint density at radius 1 is 1.29 bits per heavy atom. The van der Waals surface area contributed by atoms with Gasteiger partial charge in [0.25, 0.3) is 0 Å². The third-order valence-corrected chi connectivity index (χ3v) is 3.30. The first-order chi connectivity index (χ1) is 8.05. The summed E-state index contributed by atoms with van der Waals surface area (Å²) in [5.74, 6) is -0.749. The first-order valence-corrected chi connectivity index (χ1v) is 5.55. The summed E-state index contributed by atoms with van der Waals surface area (Å²) in [6.45, 7) is 0.453. The lowest BCUT2D eigenvalue weighted by Gasteiger charge is -2.35. The van der Waals surface area contributed by atoms with Crippen LogP contribution in [0.2, 0.25) is 0 Å². The molecule has 0 aliphatic carbocycles. The molecule has 2 heterocycles. The summed E-state index contributed by atoms with van der Waals surface area (Å²) in [7, 11) is 0. The molecule has 0 aromatic heterocycles. The lowest BCUT2D eigenvalue weighted by Crippen LogP contribution is -2.39. The van der Waals surface area contributed by atoms with Crippen LogP contribution in [0, 0.1) is 5.82 Å². The Hall–Kier alpha value is -1.17. The van der Waals surface area contributed by atoms with Crippen LogP contribution < -0.4 is 0 Å². The number of aromatic hydroxyl groups is 1. The van der Waals surface area contributed by atoms with Crippen molar-refractivity contribution >= 4 is 0 Å². The molecule has 3 rings (SSSR count). The fourth-order valence-electron chi connectivity index (χ4n) is 2.54. The van der Waals surface area contributed by atoms with Gasteiger partial charge in [-0.15, -0.1) is 0 Å². The van der Waals surface area contributed by atoms with E-state index < -0.39 is 17.7 Å². The standard InChI is InChI=1S/C12H13FO4/c13-8-1-7(2-9(14)3-8)12(15)4-10-6-16-11(5-12)17-10/h1-3,10-11,14-15H,4-6H2. The minimum atomic E-state index is -1.19. The van der Waals surface area contributed by atoms with Crippen molar-refractivity contribution in [3.8, 4) is 5.75 Å². The maximum Gasteiger partial charge on any atom is 0.161 e. The number of rotatable bonds is 1. The number of phenolic OH excluding ortho intramolecular Hbond substituents is 1. The molecule has 5 heteroatoms. The Balaban J connectivity index is 1.96. The SMILES string of the molecule is Oc1cc(F)cc(C2(O)CC3COC(C2)O3)c1. The summed E-state index contributed by atoms with van der Waals surface area (Å²) >= 11 is 0. The van der Waals surface area contributed by atoms with Crippen LogP contribution in [0.1, 0.15) is 18.4 Å². The van der Waals surface area contributed by atoms with Crippen molar-refractivity contribution in [3.05, 3.63) is 29.6 Å².